The van der Waals surface area contributed by atoms with Gasteiger partial charge in [0.15, 0.2) is 0 Å². The second kappa shape index (κ2) is 5.59. The molecule has 2 unspecified atom stereocenters. The van der Waals surface area contributed by atoms with Crippen LogP contribution >= 0.6 is 0 Å². The van der Waals surface area contributed by atoms with Crippen LogP contribution in [0.25, 0.3) is 0 Å². The summed E-state index contributed by atoms with van der Waals surface area (Å²) < 4.78 is 5.65. The maximum absolute atomic E-state index is 5.65. The van der Waals surface area contributed by atoms with E-state index in [4.69, 9.17) is 4.42 Å². The molecule has 0 aromatic carbocycles. The van der Waals surface area contributed by atoms with E-state index in [0.29, 0.717) is 6.04 Å². The summed E-state index contributed by atoms with van der Waals surface area (Å²) in [5, 5.41) is 11.9. The molecule has 0 aliphatic carbocycles. The molecule has 2 aliphatic rings. The maximum atomic E-state index is 5.65. The van der Waals surface area contributed by atoms with E-state index in [2.05, 4.69) is 27.3 Å². The van der Waals surface area contributed by atoms with Crippen LogP contribution in [0.4, 0.5) is 0 Å². The van der Waals surface area contributed by atoms with Gasteiger partial charge >= 0.3 is 0 Å². The minimum absolute atomic E-state index is 0.667. The molecule has 3 heterocycles. The minimum Gasteiger partial charge on any atom is -0.424 e. The van der Waals surface area contributed by atoms with Gasteiger partial charge in [0, 0.05) is 24.5 Å². The molecule has 2 bridgehead atoms. The molecule has 1 aromatic rings. The Hall–Kier alpha value is -0.940. The summed E-state index contributed by atoms with van der Waals surface area (Å²) in [4.78, 5) is 2.50. The van der Waals surface area contributed by atoms with Gasteiger partial charge in [-0.15, -0.1) is 10.2 Å². The summed E-state index contributed by atoms with van der Waals surface area (Å²) in [6, 6.07) is 2.12. The van der Waals surface area contributed by atoms with Gasteiger partial charge in [-0.3, -0.25) is 4.90 Å². The average Bonchev–Trinajstić information content (AvgIpc) is 3.02. The standard InChI is InChI=1S/C14H24N4O/c1-3-13-16-17-14(19-13)9-18(4-2)12-7-10-5-6-11(8-12)15-10/h10-12,15H,3-9H2,1-2H3. The second-order valence-corrected chi connectivity index (χ2v) is 5.77. The molecule has 0 saturated carbocycles. The lowest BCUT2D eigenvalue weighted by Gasteiger charge is -2.36. The third-order valence-corrected chi connectivity index (χ3v) is 4.52. The van der Waals surface area contributed by atoms with Crippen LogP contribution < -0.4 is 5.32 Å². The third-order valence-electron chi connectivity index (χ3n) is 4.52. The van der Waals surface area contributed by atoms with Crippen molar-refractivity contribution in [2.75, 3.05) is 6.54 Å². The Morgan fingerprint density at radius 1 is 1.16 bits per heavy atom. The zero-order valence-electron chi connectivity index (χ0n) is 11.9. The predicted molar refractivity (Wildman–Crippen MR) is 72.7 cm³/mol. The Balaban J connectivity index is 1.63. The molecule has 0 spiro atoms. The summed E-state index contributed by atoms with van der Waals surface area (Å²) in [5.41, 5.74) is 0. The first kappa shape index (κ1) is 13.1. The van der Waals surface area contributed by atoms with Gasteiger partial charge < -0.3 is 9.73 Å². The lowest BCUT2D eigenvalue weighted by atomic mass is 9.98. The molecule has 19 heavy (non-hydrogen) atoms. The number of nitrogens with one attached hydrogen (secondary N) is 1. The first-order chi connectivity index (χ1) is 9.28. The number of aryl methyl sites for hydroxylation is 1. The van der Waals surface area contributed by atoms with Crippen LogP contribution in [0.3, 0.4) is 0 Å². The van der Waals surface area contributed by atoms with Crippen molar-refractivity contribution in [3.63, 3.8) is 0 Å². The number of hydrogen-bond acceptors (Lipinski definition) is 5. The molecule has 5 heteroatoms. The van der Waals surface area contributed by atoms with Gasteiger partial charge in [-0.2, -0.15) is 0 Å². The van der Waals surface area contributed by atoms with Gasteiger partial charge in [0.05, 0.1) is 6.54 Å². The van der Waals surface area contributed by atoms with Gasteiger partial charge in [-0.25, -0.2) is 0 Å². The molecular formula is C14H24N4O. The van der Waals surface area contributed by atoms with Crippen LogP contribution in [0.15, 0.2) is 4.42 Å². The summed E-state index contributed by atoms with van der Waals surface area (Å²) in [5.74, 6) is 1.51. The highest BCUT2D eigenvalue weighted by Gasteiger charge is 2.35. The molecule has 106 valence electrons. The zero-order chi connectivity index (χ0) is 13.2. The topological polar surface area (TPSA) is 54.2 Å². The fourth-order valence-corrected chi connectivity index (χ4v) is 3.49. The molecule has 1 N–H and O–H groups in total. The third kappa shape index (κ3) is 2.82. The zero-order valence-corrected chi connectivity index (χ0v) is 11.9. The van der Waals surface area contributed by atoms with Crippen LogP contribution in [-0.4, -0.2) is 39.8 Å². The fraction of sp³-hybridized carbons (Fsp3) is 0.857. The molecule has 2 aliphatic heterocycles. The Labute approximate surface area is 114 Å². The van der Waals surface area contributed by atoms with E-state index in [1.807, 2.05) is 6.92 Å². The lowest BCUT2D eigenvalue weighted by molar-refractivity contribution is 0.129. The highest BCUT2D eigenvalue weighted by Crippen LogP contribution is 2.30. The quantitative estimate of drug-likeness (QED) is 0.878. The number of nitrogens with zero attached hydrogens (tertiary/aromatic N) is 3. The number of hydrogen-bond donors (Lipinski definition) is 1. The van der Waals surface area contributed by atoms with Crippen molar-refractivity contribution in [3.8, 4) is 0 Å². The normalized spacial score (nSPS) is 30.2. The summed E-state index contributed by atoms with van der Waals surface area (Å²) in [6.45, 7) is 6.11. The van der Waals surface area contributed by atoms with Gasteiger partial charge in [0.25, 0.3) is 0 Å². The van der Waals surface area contributed by atoms with Crippen LogP contribution in [0.2, 0.25) is 0 Å². The molecule has 3 rings (SSSR count). The van der Waals surface area contributed by atoms with Crippen molar-refractivity contribution in [1.82, 2.24) is 20.4 Å². The molecule has 2 saturated heterocycles. The Morgan fingerprint density at radius 2 is 1.84 bits per heavy atom. The van der Waals surface area contributed by atoms with Crippen molar-refractivity contribution in [2.24, 2.45) is 0 Å². The monoisotopic (exact) mass is 264 g/mol. The Kier molecular flexibility index (Phi) is 3.84. The highest BCUT2D eigenvalue weighted by atomic mass is 16.4. The second-order valence-electron chi connectivity index (χ2n) is 5.77. The molecule has 2 fully saturated rings. The maximum Gasteiger partial charge on any atom is 0.230 e. The molecular weight excluding hydrogens is 240 g/mol. The van der Waals surface area contributed by atoms with E-state index in [1.165, 1.54) is 25.7 Å². The Bertz CT molecular complexity index is 407. The molecule has 5 nitrogen and oxygen atoms in total. The van der Waals surface area contributed by atoms with Gasteiger partial charge in [-0.05, 0) is 32.2 Å². The van der Waals surface area contributed by atoms with Gasteiger partial charge in [-0.1, -0.05) is 13.8 Å². The number of aromatic nitrogens is 2. The number of piperidine rings is 1. The molecule has 1 aromatic heterocycles. The van der Waals surface area contributed by atoms with Crippen LogP contribution in [0, 0.1) is 0 Å². The van der Waals surface area contributed by atoms with E-state index in [1.54, 1.807) is 0 Å². The largest absolute Gasteiger partial charge is 0.424 e. The van der Waals surface area contributed by atoms with E-state index in [0.717, 1.165) is 43.4 Å². The highest BCUT2D eigenvalue weighted by molar-refractivity contribution is 4.96. The van der Waals surface area contributed by atoms with E-state index in [9.17, 15) is 0 Å². The summed E-state index contributed by atoms with van der Waals surface area (Å²) >= 11 is 0. The van der Waals surface area contributed by atoms with E-state index in [-0.39, 0.29) is 0 Å². The van der Waals surface area contributed by atoms with Crippen LogP contribution in [0.5, 0.6) is 0 Å². The van der Waals surface area contributed by atoms with Crippen molar-refractivity contribution >= 4 is 0 Å². The molecule has 2 atom stereocenters. The average molecular weight is 264 g/mol. The number of fused-ring (bicyclic) bond motifs is 2. The smallest absolute Gasteiger partial charge is 0.230 e. The first-order valence-electron chi connectivity index (χ1n) is 7.59. The van der Waals surface area contributed by atoms with Crippen molar-refractivity contribution in [1.29, 1.82) is 0 Å². The van der Waals surface area contributed by atoms with Crippen molar-refractivity contribution < 1.29 is 4.42 Å². The van der Waals surface area contributed by atoms with Crippen LogP contribution in [-0.2, 0) is 13.0 Å². The minimum atomic E-state index is 0.667. The Morgan fingerprint density at radius 3 is 2.42 bits per heavy atom. The summed E-state index contributed by atoms with van der Waals surface area (Å²) in [6.07, 6.45) is 6.04. The number of rotatable bonds is 5. The van der Waals surface area contributed by atoms with Gasteiger partial charge in [0.1, 0.15) is 0 Å². The van der Waals surface area contributed by atoms with Crippen molar-refractivity contribution in [3.05, 3.63) is 11.8 Å². The fourth-order valence-electron chi connectivity index (χ4n) is 3.49. The van der Waals surface area contributed by atoms with Gasteiger partial charge in [0.2, 0.25) is 11.8 Å². The SMILES string of the molecule is CCc1nnc(CN(CC)C2CC3CCC(C2)N3)o1. The van der Waals surface area contributed by atoms with Crippen LogP contribution in [0.1, 0.15) is 51.3 Å². The van der Waals surface area contributed by atoms with E-state index < -0.39 is 0 Å². The van der Waals surface area contributed by atoms with E-state index >= 15 is 0 Å². The lowest BCUT2D eigenvalue weighted by Crippen LogP contribution is -2.47. The molecule has 0 radical (unpaired) electrons. The molecule has 0 amide bonds. The first-order valence-corrected chi connectivity index (χ1v) is 7.59. The van der Waals surface area contributed by atoms with Crippen molar-refractivity contribution in [2.45, 2.75) is 70.6 Å². The predicted octanol–water partition coefficient (Wildman–Crippen LogP) is 1.74. The summed E-state index contributed by atoms with van der Waals surface area (Å²) in [7, 11) is 0.